The number of methoxy groups -OCH3 is 1. The molecular weight excluding hydrogens is 490 g/mol. The average molecular weight is 530 g/mol. The fourth-order valence-corrected chi connectivity index (χ4v) is 4.45. The number of aryl methyl sites for hydroxylation is 1. The number of nitrogens with zero attached hydrogens (tertiary/aromatic N) is 3. The van der Waals surface area contributed by atoms with Gasteiger partial charge >= 0.3 is 0 Å². The standard InChI is InChI=1S/C32H39N3O4/c1-5-24(2)34(20-28(36)23-38-22-26-14-8-6-9-15-26)21-29-25(3)33-35(27-16-10-7-11-17-27)32(29)39-31-19-13-12-18-30(31)37-4/h6-19,24,28,36H,5,20-23H2,1-4H3. The van der Waals surface area contributed by atoms with Crippen LogP contribution in [-0.4, -0.2) is 52.2 Å². The Bertz CT molecular complexity index is 1290. The minimum absolute atomic E-state index is 0.229. The molecule has 1 heterocycles. The third-order valence-electron chi connectivity index (χ3n) is 6.86. The van der Waals surface area contributed by atoms with Crippen LogP contribution in [0.4, 0.5) is 0 Å². The van der Waals surface area contributed by atoms with Crippen LogP contribution in [0.5, 0.6) is 17.4 Å². The number of aromatic nitrogens is 2. The van der Waals surface area contributed by atoms with Crippen LogP contribution in [0.25, 0.3) is 5.69 Å². The van der Waals surface area contributed by atoms with Gasteiger partial charge in [-0.2, -0.15) is 5.10 Å². The minimum Gasteiger partial charge on any atom is -0.493 e. The van der Waals surface area contributed by atoms with E-state index in [1.165, 1.54) is 0 Å². The molecule has 39 heavy (non-hydrogen) atoms. The molecule has 3 aromatic carbocycles. The predicted molar refractivity (Wildman–Crippen MR) is 154 cm³/mol. The van der Waals surface area contributed by atoms with Crippen molar-refractivity contribution in [3.05, 3.63) is 102 Å². The monoisotopic (exact) mass is 529 g/mol. The van der Waals surface area contributed by atoms with E-state index in [1.807, 2.05) is 96.5 Å². The number of ether oxygens (including phenoxy) is 3. The van der Waals surface area contributed by atoms with Gasteiger partial charge in [-0.1, -0.05) is 67.6 Å². The number of aliphatic hydroxyl groups excluding tert-OH is 1. The Balaban J connectivity index is 1.58. The number of hydrogen-bond acceptors (Lipinski definition) is 6. The highest BCUT2D eigenvalue weighted by Gasteiger charge is 2.25. The van der Waals surface area contributed by atoms with Gasteiger partial charge in [0, 0.05) is 19.1 Å². The molecule has 0 aliphatic carbocycles. The van der Waals surface area contributed by atoms with Crippen LogP contribution in [0.15, 0.2) is 84.9 Å². The van der Waals surface area contributed by atoms with Gasteiger partial charge < -0.3 is 19.3 Å². The zero-order chi connectivity index (χ0) is 27.6. The van der Waals surface area contributed by atoms with E-state index in [1.54, 1.807) is 7.11 Å². The summed E-state index contributed by atoms with van der Waals surface area (Å²) in [7, 11) is 1.63. The van der Waals surface area contributed by atoms with Crippen molar-refractivity contribution in [3.63, 3.8) is 0 Å². The summed E-state index contributed by atoms with van der Waals surface area (Å²) in [5.74, 6) is 1.89. The first-order valence-corrected chi connectivity index (χ1v) is 13.5. The van der Waals surface area contributed by atoms with Crippen molar-refractivity contribution in [2.75, 3.05) is 20.3 Å². The molecule has 0 saturated heterocycles. The second-order valence-electron chi connectivity index (χ2n) is 9.71. The second-order valence-corrected chi connectivity index (χ2v) is 9.71. The van der Waals surface area contributed by atoms with Gasteiger partial charge in [0.1, 0.15) is 0 Å². The third kappa shape index (κ3) is 7.47. The van der Waals surface area contributed by atoms with Crippen molar-refractivity contribution in [2.45, 2.75) is 52.5 Å². The fourth-order valence-electron chi connectivity index (χ4n) is 4.45. The lowest BCUT2D eigenvalue weighted by Gasteiger charge is -2.30. The first-order valence-electron chi connectivity index (χ1n) is 13.5. The van der Waals surface area contributed by atoms with E-state index in [0.717, 1.165) is 28.9 Å². The number of rotatable bonds is 14. The van der Waals surface area contributed by atoms with Gasteiger partial charge in [-0.05, 0) is 50.1 Å². The van der Waals surface area contributed by atoms with Crippen molar-refractivity contribution < 1.29 is 19.3 Å². The van der Waals surface area contributed by atoms with Gasteiger partial charge in [0.15, 0.2) is 11.5 Å². The summed E-state index contributed by atoms with van der Waals surface area (Å²) in [6.07, 6.45) is 0.303. The molecule has 4 aromatic rings. The maximum Gasteiger partial charge on any atom is 0.227 e. The topological polar surface area (TPSA) is 69.0 Å². The van der Waals surface area contributed by atoms with E-state index < -0.39 is 6.10 Å². The Morgan fingerprint density at radius 1 is 0.923 bits per heavy atom. The Morgan fingerprint density at radius 3 is 2.23 bits per heavy atom. The van der Waals surface area contributed by atoms with Gasteiger partial charge in [-0.15, -0.1) is 0 Å². The molecule has 0 fully saturated rings. The Labute approximate surface area is 231 Å². The molecule has 0 aliphatic heterocycles. The average Bonchev–Trinajstić information content (AvgIpc) is 3.27. The molecule has 1 aromatic heterocycles. The van der Waals surface area contributed by atoms with Gasteiger partial charge in [0.25, 0.3) is 0 Å². The molecule has 0 aliphatic rings. The molecular formula is C32H39N3O4. The summed E-state index contributed by atoms with van der Waals surface area (Å²) < 4.78 is 19.8. The van der Waals surface area contributed by atoms with Crippen molar-refractivity contribution in [2.24, 2.45) is 0 Å². The maximum atomic E-state index is 10.9. The van der Waals surface area contributed by atoms with Gasteiger partial charge in [-0.25, -0.2) is 4.68 Å². The van der Waals surface area contributed by atoms with E-state index in [-0.39, 0.29) is 12.6 Å². The predicted octanol–water partition coefficient (Wildman–Crippen LogP) is 6.16. The number of para-hydroxylation sites is 3. The van der Waals surface area contributed by atoms with Gasteiger partial charge in [0.05, 0.1) is 43.4 Å². The quantitative estimate of drug-likeness (QED) is 0.211. The SMILES string of the molecule is CCC(C)N(Cc1c(C)nn(-c2ccccc2)c1Oc1ccccc1OC)CC(O)COCc1ccccc1. The van der Waals surface area contributed by atoms with Crippen LogP contribution < -0.4 is 9.47 Å². The first-order chi connectivity index (χ1) is 19.0. The zero-order valence-electron chi connectivity index (χ0n) is 23.3. The van der Waals surface area contributed by atoms with Crippen molar-refractivity contribution in [1.29, 1.82) is 0 Å². The Morgan fingerprint density at radius 2 is 1.56 bits per heavy atom. The molecule has 0 saturated carbocycles. The van der Waals surface area contributed by atoms with Crippen LogP contribution in [0.3, 0.4) is 0 Å². The van der Waals surface area contributed by atoms with Crippen LogP contribution in [0.1, 0.15) is 37.1 Å². The molecule has 7 heteroatoms. The third-order valence-corrected chi connectivity index (χ3v) is 6.86. The summed E-state index contributed by atoms with van der Waals surface area (Å²) in [5, 5.41) is 15.8. The molecule has 1 N–H and O–H groups in total. The van der Waals surface area contributed by atoms with Gasteiger partial charge in [0.2, 0.25) is 5.88 Å². The highest BCUT2D eigenvalue weighted by molar-refractivity contribution is 5.47. The molecule has 2 atom stereocenters. The minimum atomic E-state index is -0.634. The number of aliphatic hydroxyl groups is 1. The number of hydrogen-bond donors (Lipinski definition) is 1. The molecule has 7 nitrogen and oxygen atoms in total. The van der Waals surface area contributed by atoms with E-state index >= 15 is 0 Å². The van der Waals surface area contributed by atoms with Crippen LogP contribution in [0, 0.1) is 6.92 Å². The van der Waals surface area contributed by atoms with E-state index in [0.29, 0.717) is 37.1 Å². The second kappa shape index (κ2) is 13.9. The van der Waals surface area contributed by atoms with E-state index in [2.05, 4.69) is 18.7 Å². The summed E-state index contributed by atoms with van der Waals surface area (Å²) in [6, 6.07) is 27.8. The van der Waals surface area contributed by atoms with Gasteiger partial charge in [-0.3, -0.25) is 4.90 Å². The summed E-state index contributed by atoms with van der Waals surface area (Å²) in [5.41, 5.74) is 3.82. The first kappa shape index (κ1) is 28.4. The zero-order valence-corrected chi connectivity index (χ0v) is 23.3. The molecule has 0 spiro atoms. The number of benzene rings is 3. The normalized spacial score (nSPS) is 12.9. The molecule has 0 radical (unpaired) electrons. The maximum absolute atomic E-state index is 10.9. The highest BCUT2D eigenvalue weighted by atomic mass is 16.5. The lowest BCUT2D eigenvalue weighted by molar-refractivity contribution is 0.00130. The molecule has 2 unspecified atom stereocenters. The Hall–Kier alpha value is -3.65. The van der Waals surface area contributed by atoms with Crippen LogP contribution in [-0.2, 0) is 17.9 Å². The van der Waals surface area contributed by atoms with Crippen molar-refractivity contribution in [1.82, 2.24) is 14.7 Å². The summed E-state index contributed by atoms with van der Waals surface area (Å²) in [4.78, 5) is 2.27. The van der Waals surface area contributed by atoms with Crippen LogP contribution >= 0.6 is 0 Å². The van der Waals surface area contributed by atoms with Crippen molar-refractivity contribution >= 4 is 0 Å². The largest absolute Gasteiger partial charge is 0.493 e. The molecule has 206 valence electrons. The smallest absolute Gasteiger partial charge is 0.227 e. The summed E-state index contributed by atoms with van der Waals surface area (Å²) >= 11 is 0. The van der Waals surface area contributed by atoms with Crippen LogP contribution in [0.2, 0.25) is 0 Å². The highest BCUT2D eigenvalue weighted by Crippen LogP contribution is 2.36. The summed E-state index contributed by atoms with van der Waals surface area (Å²) in [6.45, 7) is 8.09. The molecule has 0 amide bonds. The van der Waals surface area contributed by atoms with E-state index in [4.69, 9.17) is 19.3 Å². The lowest BCUT2D eigenvalue weighted by Crippen LogP contribution is -2.40. The Kier molecular flexibility index (Phi) is 10.1. The fraction of sp³-hybridized carbons (Fsp3) is 0.344. The molecule has 0 bridgehead atoms. The van der Waals surface area contributed by atoms with Crippen molar-refractivity contribution in [3.8, 4) is 23.1 Å². The van der Waals surface area contributed by atoms with E-state index in [9.17, 15) is 5.11 Å². The lowest BCUT2D eigenvalue weighted by atomic mass is 10.1. The molecule has 4 rings (SSSR count).